The molecule has 5 aromatic heterocycles. The summed E-state index contributed by atoms with van der Waals surface area (Å²) in [6.07, 6.45) is 9.82. The smallest absolute Gasteiger partial charge is 0.188 e. The Balaban J connectivity index is 0.00000216. The lowest BCUT2D eigenvalue weighted by Gasteiger charge is -2.34. The molecule has 3 N–H and O–H groups in total. The van der Waals surface area contributed by atoms with Crippen LogP contribution >= 0.6 is 35.1 Å². The molecular formula is C21H23ClN8S2. The van der Waals surface area contributed by atoms with Gasteiger partial charge in [-0.05, 0) is 32.4 Å². The number of aromatic nitrogens is 6. The van der Waals surface area contributed by atoms with Crippen molar-refractivity contribution in [3.63, 3.8) is 0 Å². The number of fused-ring (bicyclic) bond motifs is 2. The summed E-state index contributed by atoms with van der Waals surface area (Å²) in [5.74, 6) is 0. The predicted octanol–water partition coefficient (Wildman–Crippen LogP) is 4.68. The number of aromatic amines is 2. The number of hydrogen-bond acceptors (Lipinski definition) is 8. The summed E-state index contributed by atoms with van der Waals surface area (Å²) in [4.78, 5) is 22.2. The van der Waals surface area contributed by atoms with Gasteiger partial charge in [-0.3, -0.25) is 10.1 Å². The molecule has 0 radical (unpaired) electrons. The first-order valence-corrected chi connectivity index (χ1v) is 12.0. The number of thiazole rings is 2. The predicted molar refractivity (Wildman–Crippen MR) is 134 cm³/mol. The molecule has 5 aromatic rings. The SMILES string of the molecule is C[C@@H]1C[C@@H](N(C)c2nc3sc(-c4ncc(-c5cn[nH]c5)c5cc[nH]c45)nc3s2)CCN1.Cl. The number of nitrogens with one attached hydrogen (secondary N) is 3. The number of halogens is 1. The fourth-order valence-electron chi connectivity index (χ4n) is 4.34. The number of pyridine rings is 1. The summed E-state index contributed by atoms with van der Waals surface area (Å²) >= 11 is 3.27. The summed E-state index contributed by atoms with van der Waals surface area (Å²) < 4.78 is 0. The molecule has 0 aliphatic carbocycles. The van der Waals surface area contributed by atoms with Crippen LogP contribution in [0.5, 0.6) is 0 Å². The fourth-order valence-corrected chi connectivity index (χ4v) is 6.42. The molecule has 1 aliphatic heterocycles. The maximum Gasteiger partial charge on any atom is 0.188 e. The second-order valence-corrected chi connectivity index (χ2v) is 9.98. The van der Waals surface area contributed by atoms with Gasteiger partial charge in [-0.25, -0.2) is 9.97 Å². The first-order valence-electron chi connectivity index (χ1n) is 10.4. The number of anilines is 1. The van der Waals surface area contributed by atoms with Crippen LogP contribution in [0.4, 0.5) is 5.13 Å². The zero-order valence-corrected chi connectivity index (χ0v) is 20.1. The molecule has 0 spiro atoms. The van der Waals surface area contributed by atoms with Gasteiger partial charge in [0.2, 0.25) is 0 Å². The lowest BCUT2D eigenvalue weighted by molar-refractivity contribution is 0.371. The Morgan fingerprint density at radius 2 is 2.03 bits per heavy atom. The summed E-state index contributed by atoms with van der Waals surface area (Å²) in [6.45, 7) is 3.31. The van der Waals surface area contributed by atoms with Crippen LogP contribution in [0, 0.1) is 0 Å². The molecule has 0 amide bonds. The quantitative estimate of drug-likeness (QED) is 0.341. The van der Waals surface area contributed by atoms with Gasteiger partial charge in [-0.2, -0.15) is 5.10 Å². The minimum Gasteiger partial charge on any atom is -0.359 e. The highest BCUT2D eigenvalue weighted by Crippen LogP contribution is 2.39. The van der Waals surface area contributed by atoms with Gasteiger partial charge in [0, 0.05) is 54.2 Å². The third-order valence-electron chi connectivity index (χ3n) is 6.02. The molecule has 11 heteroatoms. The van der Waals surface area contributed by atoms with Crippen LogP contribution in [0.15, 0.2) is 30.9 Å². The number of H-pyrrole nitrogens is 2. The van der Waals surface area contributed by atoms with Crippen LogP contribution in [0.25, 0.3) is 42.4 Å². The Hall–Kier alpha value is -2.53. The van der Waals surface area contributed by atoms with E-state index in [9.17, 15) is 0 Å². The van der Waals surface area contributed by atoms with Crippen molar-refractivity contribution in [1.82, 2.24) is 35.5 Å². The van der Waals surface area contributed by atoms with Crippen LogP contribution in [-0.2, 0) is 0 Å². The van der Waals surface area contributed by atoms with Gasteiger partial charge in [-0.1, -0.05) is 22.7 Å². The van der Waals surface area contributed by atoms with E-state index in [4.69, 9.17) is 15.0 Å². The number of piperidine rings is 1. The van der Waals surface area contributed by atoms with Gasteiger partial charge >= 0.3 is 0 Å². The van der Waals surface area contributed by atoms with Crippen LogP contribution in [0.2, 0.25) is 0 Å². The van der Waals surface area contributed by atoms with Gasteiger partial charge in [0.1, 0.15) is 10.7 Å². The average molecular weight is 487 g/mol. The number of nitrogens with zero attached hydrogens (tertiary/aromatic N) is 5. The molecule has 32 heavy (non-hydrogen) atoms. The molecule has 1 fully saturated rings. The van der Waals surface area contributed by atoms with Crippen molar-refractivity contribution >= 4 is 60.8 Å². The molecule has 1 saturated heterocycles. The number of rotatable bonds is 4. The highest BCUT2D eigenvalue weighted by atomic mass is 35.5. The molecule has 2 atom stereocenters. The van der Waals surface area contributed by atoms with E-state index in [0.29, 0.717) is 12.1 Å². The van der Waals surface area contributed by atoms with Crippen LogP contribution < -0.4 is 10.2 Å². The van der Waals surface area contributed by atoms with Crippen molar-refractivity contribution in [3.05, 3.63) is 30.9 Å². The van der Waals surface area contributed by atoms with Crippen molar-refractivity contribution in [1.29, 1.82) is 0 Å². The monoisotopic (exact) mass is 486 g/mol. The molecule has 0 unspecified atom stereocenters. The Bertz CT molecular complexity index is 1320. The molecule has 0 bridgehead atoms. The first kappa shape index (κ1) is 21.3. The summed E-state index contributed by atoms with van der Waals surface area (Å²) in [5, 5.41) is 13.5. The zero-order chi connectivity index (χ0) is 20.9. The summed E-state index contributed by atoms with van der Waals surface area (Å²) in [5.41, 5.74) is 3.92. The van der Waals surface area contributed by atoms with Gasteiger partial charge in [0.25, 0.3) is 0 Å². The van der Waals surface area contributed by atoms with E-state index in [1.807, 2.05) is 24.8 Å². The molecule has 166 valence electrons. The van der Waals surface area contributed by atoms with Crippen molar-refractivity contribution in [2.24, 2.45) is 0 Å². The Kier molecular flexibility index (Phi) is 5.62. The Morgan fingerprint density at radius 1 is 1.16 bits per heavy atom. The van der Waals surface area contributed by atoms with Gasteiger partial charge in [0.15, 0.2) is 14.8 Å². The van der Waals surface area contributed by atoms with Crippen LogP contribution in [0.1, 0.15) is 19.8 Å². The Morgan fingerprint density at radius 3 is 2.81 bits per heavy atom. The van der Waals surface area contributed by atoms with E-state index in [-0.39, 0.29) is 12.4 Å². The van der Waals surface area contributed by atoms with E-state index in [2.05, 4.69) is 45.4 Å². The average Bonchev–Trinajstić information content (AvgIpc) is 3.56. The molecule has 1 aliphatic rings. The summed E-state index contributed by atoms with van der Waals surface area (Å²) in [7, 11) is 2.16. The van der Waals surface area contributed by atoms with E-state index in [1.165, 1.54) is 0 Å². The Labute approximate surface area is 198 Å². The van der Waals surface area contributed by atoms with E-state index >= 15 is 0 Å². The van der Waals surface area contributed by atoms with Crippen molar-refractivity contribution in [3.8, 4) is 21.8 Å². The van der Waals surface area contributed by atoms with Crippen molar-refractivity contribution in [2.45, 2.75) is 31.8 Å². The van der Waals surface area contributed by atoms with Crippen LogP contribution in [0.3, 0.4) is 0 Å². The molecular weight excluding hydrogens is 464 g/mol. The topological polar surface area (TPSA) is 98.4 Å². The van der Waals surface area contributed by atoms with Gasteiger partial charge in [0.05, 0.1) is 11.7 Å². The first-order chi connectivity index (χ1) is 15.2. The number of hydrogen-bond donors (Lipinski definition) is 3. The summed E-state index contributed by atoms with van der Waals surface area (Å²) in [6, 6.07) is 3.14. The second-order valence-electron chi connectivity index (χ2n) is 8.04. The molecule has 0 saturated carbocycles. The maximum absolute atomic E-state index is 4.91. The lowest BCUT2D eigenvalue weighted by Crippen LogP contribution is -2.45. The van der Waals surface area contributed by atoms with Gasteiger partial charge < -0.3 is 15.2 Å². The second kappa shape index (κ2) is 8.43. The van der Waals surface area contributed by atoms with Crippen molar-refractivity contribution < 1.29 is 0 Å². The third-order valence-corrected chi connectivity index (χ3v) is 8.14. The minimum atomic E-state index is 0. The van der Waals surface area contributed by atoms with E-state index < -0.39 is 0 Å². The van der Waals surface area contributed by atoms with Gasteiger partial charge in [-0.15, -0.1) is 12.4 Å². The highest BCUT2D eigenvalue weighted by molar-refractivity contribution is 7.29. The van der Waals surface area contributed by atoms with Crippen molar-refractivity contribution in [2.75, 3.05) is 18.5 Å². The standard InChI is InChI=1S/C21H22N8S2.ClH/c1-11-7-13(3-5-22-11)29(2)21-28-20-19(31-21)27-18(30-20)17-16-14(4-6-23-16)15(10-24-17)12-8-25-26-9-12;/h4,6,8-11,13,22-23H,3,5,7H2,1-2H3,(H,25,26);1H/t11-,13+;/m1./s1. The van der Waals surface area contributed by atoms with E-state index in [0.717, 1.165) is 66.9 Å². The van der Waals surface area contributed by atoms with Crippen LogP contribution in [-0.4, -0.2) is 55.8 Å². The third kappa shape index (κ3) is 3.57. The normalized spacial score (nSPS) is 18.8. The fraction of sp³-hybridized carbons (Fsp3) is 0.333. The molecule has 8 nitrogen and oxygen atoms in total. The lowest BCUT2D eigenvalue weighted by atomic mass is 10.00. The molecule has 0 aromatic carbocycles. The largest absolute Gasteiger partial charge is 0.359 e. The molecule has 6 heterocycles. The van der Waals surface area contributed by atoms with E-state index in [1.54, 1.807) is 22.7 Å². The minimum absolute atomic E-state index is 0. The highest BCUT2D eigenvalue weighted by Gasteiger charge is 2.25. The maximum atomic E-state index is 4.91. The molecule has 6 rings (SSSR count). The zero-order valence-electron chi connectivity index (χ0n) is 17.6.